The van der Waals surface area contributed by atoms with Crippen molar-refractivity contribution >= 4 is 51.2 Å². The van der Waals surface area contributed by atoms with Crippen LogP contribution in [0.25, 0.3) is 0 Å². The maximum atomic E-state index is 13.8. The number of hydrogen-bond acceptors (Lipinski definition) is 6. The second kappa shape index (κ2) is 13.3. The molecule has 210 valence electrons. The number of para-hydroxylation sites is 1. The Kier molecular flexibility index (Phi) is 9.85. The van der Waals surface area contributed by atoms with Gasteiger partial charge in [-0.3, -0.25) is 14.4 Å². The van der Waals surface area contributed by atoms with Crippen molar-refractivity contribution in [2.75, 3.05) is 55.8 Å². The number of piperidine rings is 1. The second-order valence-electron chi connectivity index (χ2n) is 10.1. The first kappa shape index (κ1) is 28.9. The minimum absolute atomic E-state index is 0.00804. The monoisotopic (exact) mass is 599 g/mol. The Morgan fingerprint density at radius 2 is 1.95 bits per heavy atom. The molecule has 3 unspecified atom stereocenters. The molecule has 0 bridgehead atoms. The minimum Gasteiger partial charge on any atom is -0.386 e. The van der Waals surface area contributed by atoms with Gasteiger partial charge in [-0.25, -0.2) is 0 Å². The summed E-state index contributed by atoms with van der Waals surface area (Å²) < 4.78 is 6.46. The van der Waals surface area contributed by atoms with Crippen LogP contribution in [0.5, 0.6) is 0 Å². The molecule has 2 aromatic rings. The number of carbonyl (C=O) groups is 3. The van der Waals surface area contributed by atoms with Crippen LogP contribution in [-0.4, -0.2) is 80.0 Å². The summed E-state index contributed by atoms with van der Waals surface area (Å²) in [6, 6.07) is 11.3. The predicted octanol–water partition coefficient (Wildman–Crippen LogP) is 4.52. The van der Waals surface area contributed by atoms with Crippen LogP contribution in [0.3, 0.4) is 0 Å². The molecule has 2 aromatic carbocycles. The number of likely N-dealkylation sites (tertiary alicyclic amines) is 1. The van der Waals surface area contributed by atoms with E-state index >= 15 is 0 Å². The highest BCUT2D eigenvalue weighted by molar-refractivity contribution is 9.10. The Morgan fingerprint density at radius 3 is 2.67 bits per heavy atom. The summed E-state index contributed by atoms with van der Waals surface area (Å²) in [4.78, 5) is 42.3. The molecule has 2 aliphatic heterocycles. The van der Waals surface area contributed by atoms with E-state index in [-0.39, 0.29) is 29.9 Å². The van der Waals surface area contributed by atoms with E-state index in [2.05, 4.69) is 31.9 Å². The summed E-state index contributed by atoms with van der Waals surface area (Å²) >= 11 is 3.57. The standard InChI is InChI=1S/C29H38BrN5O4/c1-4-22(23-9-5-6-10-25(23)32-18-36)28(37)34-11-7-8-21(17-34)33-27-24(14-20(30)15-26(27)31-3)29(38)35-12-13-39-19(2)16-35/h5-6,9-10,14-15,18-19,21-22,31,33H,4,7-8,11-13,16-17H2,1-3H3,(H,32,36). The van der Waals surface area contributed by atoms with Gasteiger partial charge >= 0.3 is 0 Å². The molecule has 10 heteroatoms. The van der Waals surface area contributed by atoms with Crippen molar-refractivity contribution in [1.82, 2.24) is 9.80 Å². The number of hydrogen-bond donors (Lipinski definition) is 3. The lowest BCUT2D eigenvalue weighted by atomic mass is 9.92. The van der Waals surface area contributed by atoms with Gasteiger partial charge in [0.25, 0.3) is 5.91 Å². The van der Waals surface area contributed by atoms with Crippen LogP contribution in [-0.2, 0) is 14.3 Å². The van der Waals surface area contributed by atoms with Gasteiger partial charge in [0, 0.05) is 49.4 Å². The van der Waals surface area contributed by atoms with Crippen LogP contribution in [0.4, 0.5) is 17.1 Å². The van der Waals surface area contributed by atoms with Crippen molar-refractivity contribution in [1.29, 1.82) is 0 Å². The molecule has 0 aromatic heterocycles. The smallest absolute Gasteiger partial charge is 0.256 e. The summed E-state index contributed by atoms with van der Waals surface area (Å²) in [6.45, 7) is 6.78. The molecule has 2 aliphatic rings. The Labute approximate surface area is 238 Å². The summed E-state index contributed by atoms with van der Waals surface area (Å²) in [5.74, 6) is -0.347. The van der Waals surface area contributed by atoms with E-state index in [0.717, 1.165) is 34.3 Å². The molecule has 0 spiro atoms. The van der Waals surface area contributed by atoms with Crippen molar-refractivity contribution in [2.45, 2.75) is 51.2 Å². The van der Waals surface area contributed by atoms with Gasteiger partial charge in [0.05, 0.1) is 35.6 Å². The lowest BCUT2D eigenvalue weighted by molar-refractivity contribution is -0.134. The van der Waals surface area contributed by atoms with Crippen molar-refractivity contribution in [3.8, 4) is 0 Å². The molecule has 4 rings (SSSR count). The summed E-state index contributed by atoms with van der Waals surface area (Å²) in [5.41, 5.74) is 3.64. The van der Waals surface area contributed by atoms with Gasteiger partial charge in [-0.2, -0.15) is 0 Å². The summed E-state index contributed by atoms with van der Waals surface area (Å²) in [7, 11) is 1.84. The molecule has 0 aliphatic carbocycles. The van der Waals surface area contributed by atoms with E-state index in [0.29, 0.717) is 56.9 Å². The first-order chi connectivity index (χ1) is 18.9. The van der Waals surface area contributed by atoms with Gasteiger partial charge < -0.3 is 30.5 Å². The lowest BCUT2D eigenvalue weighted by Gasteiger charge is -2.37. The lowest BCUT2D eigenvalue weighted by Crippen LogP contribution is -2.47. The third kappa shape index (κ3) is 6.73. The topological polar surface area (TPSA) is 103 Å². The van der Waals surface area contributed by atoms with Crippen LogP contribution in [0.2, 0.25) is 0 Å². The van der Waals surface area contributed by atoms with E-state index in [1.165, 1.54) is 0 Å². The highest BCUT2D eigenvalue weighted by atomic mass is 79.9. The quantitative estimate of drug-likeness (QED) is 0.366. The largest absolute Gasteiger partial charge is 0.386 e. The van der Waals surface area contributed by atoms with Crippen molar-refractivity contribution in [2.24, 2.45) is 0 Å². The van der Waals surface area contributed by atoms with Gasteiger partial charge in [-0.05, 0) is 49.9 Å². The van der Waals surface area contributed by atoms with Gasteiger partial charge in [0.15, 0.2) is 0 Å². The highest BCUT2D eigenvalue weighted by Crippen LogP contribution is 2.34. The Bertz CT molecular complexity index is 1190. The van der Waals surface area contributed by atoms with E-state index in [4.69, 9.17) is 4.74 Å². The maximum absolute atomic E-state index is 13.8. The molecule has 0 radical (unpaired) electrons. The molecule has 2 saturated heterocycles. The van der Waals surface area contributed by atoms with Crippen molar-refractivity contribution in [3.63, 3.8) is 0 Å². The van der Waals surface area contributed by atoms with Gasteiger partial charge in [0.1, 0.15) is 0 Å². The number of nitrogens with zero attached hydrogens (tertiary/aromatic N) is 2. The van der Waals surface area contributed by atoms with Crippen molar-refractivity contribution in [3.05, 3.63) is 52.0 Å². The molecular weight excluding hydrogens is 562 g/mol. The molecule has 3 amide bonds. The first-order valence-electron chi connectivity index (χ1n) is 13.6. The first-order valence-corrected chi connectivity index (χ1v) is 14.4. The zero-order chi connectivity index (χ0) is 27.9. The Hall–Kier alpha value is -3.11. The molecule has 2 fully saturated rings. The predicted molar refractivity (Wildman–Crippen MR) is 157 cm³/mol. The average molecular weight is 601 g/mol. The molecule has 3 N–H and O–H groups in total. The molecule has 3 atom stereocenters. The van der Waals surface area contributed by atoms with Crippen LogP contribution < -0.4 is 16.0 Å². The van der Waals surface area contributed by atoms with E-state index < -0.39 is 0 Å². The Morgan fingerprint density at radius 1 is 1.15 bits per heavy atom. The fraction of sp³-hybridized carbons (Fsp3) is 0.483. The van der Waals surface area contributed by atoms with E-state index in [9.17, 15) is 14.4 Å². The fourth-order valence-electron chi connectivity index (χ4n) is 5.54. The molecular formula is C29H38BrN5O4. The molecule has 9 nitrogen and oxygen atoms in total. The number of amides is 3. The number of morpholine rings is 1. The zero-order valence-corrected chi connectivity index (χ0v) is 24.4. The third-order valence-corrected chi connectivity index (χ3v) is 7.93. The van der Waals surface area contributed by atoms with Crippen LogP contribution >= 0.6 is 15.9 Å². The number of carbonyl (C=O) groups excluding carboxylic acids is 3. The number of ether oxygens (including phenoxy) is 1. The zero-order valence-electron chi connectivity index (χ0n) is 22.8. The van der Waals surface area contributed by atoms with Crippen LogP contribution in [0.15, 0.2) is 40.9 Å². The number of halogens is 1. The highest BCUT2D eigenvalue weighted by Gasteiger charge is 2.32. The fourth-order valence-corrected chi connectivity index (χ4v) is 6.00. The number of benzene rings is 2. The third-order valence-electron chi connectivity index (χ3n) is 7.47. The number of rotatable bonds is 9. The number of nitrogens with one attached hydrogen (secondary N) is 3. The van der Waals surface area contributed by atoms with Gasteiger partial charge in [-0.15, -0.1) is 0 Å². The van der Waals surface area contributed by atoms with Crippen molar-refractivity contribution < 1.29 is 19.1 Å². The maximum Gasteiger partial charge on any atom is 0.256 e. The SMILES string of the molecule is CCC(C(=O)N1CCCC(Nc2c(NC)cc(Br)cc2C(=O)N2CCOC(C)C2)C1)c1ccccc1NC=O. The van der Waals surface area contributed by atoms with Crippen LogP contribution in [0.1, 0.15) is 54.9 Å². The molecule has 2 heterocycles. The summed E-state index contributed by atoms with van der Waals surface area (Å²) in [5, 5.41) is 9.59. The van der Waals surface area contributed by atoms with Gasteiger partial charge in [0.2, 0.25) is 12.3 Å². The van der Waals surface area contributed by atoms with Crippen LogP contribution in [0, 0.1) is 0 Å². The normalized spacial score (nSPS) is 20.2. The average Bonchev–Trinajstić information content (AvgIpc) is 2.95. The minimum atomic E-state index is -0.353. The molecule has 39 heavy (non-hydrogen) atoms. The second-order valence-corrected chi connectivity index (χ2v) is 11.1. The van der Waals surface area contributed by atoms with E-state index in [1.54, 1.807) is 0 Å². The Balaban J connectivity index is 1.56. The summed E-state index contributed by atoms with van der Waals surface area (Å²) in [6.07, 6.45) is 2.99. The molecule has 0 saturated carbocycles. The van der Waals surface area contributed by atoms with Gasteiger partial charge in [-0.1, -0.05) is 41.1 Å². The van der Waals surface area contributed by atoms with E-state index in [1.807, 2.05) is 67.1 Å². The number of anilines is 3.